The molecule has 0 fully saturated rings. The van der Waals surface area contributed by atoms with Crippen LogP contribution >= 0.6 is 0 Å². The van der Waals surface area contributed by atoms with Crippen molar-refractivity contribution in [3.05, 3.63) is 0 Å². The molecule has 0 aromatic carbocycles. The van der Waals surface area contributed by atoms with Gasteiger partial charge < -0.3 is 0 Å². The summed E-state index contributed by atoms with van der Waals surface area (Å²) in [5.74, 6) is 0. The van der Waals surface area contributed by atoms with E-state index in [1.165, 1.54) is 0 Å². The normalized spacial score (nSPS) is 0. The van der Waals surface area contributed by atoms with Gasteiger partial charge in [0, 0.05) is 89.3 Å². The van der Waals surface area contributed by atoms with Gasteiger partial charge in [-0.3, -0.25) is 0 Å². The molecule has 18 radical (unpaired) electrons. The maximum Gasteiger partial charge on any atom is 0 e. The molecule has 0 unspecified atom stereocenters. The molecule has 0 aliphatic heterocycles. The van der Waals surface area contributed by atoms with Crippen LogP contribution in [0.5, 0.6) is 0 Å². The third-order valence-electron chi connectivity index (χ3n) is 0. The van der Waals surface area contributed by atoms with Crippen LogP contribution < -0.4 is 0 Å². The van der Waals surface area contributed by atoms with Crippen LogP contribution in [0.4, 0.5) is 0 Å². The maximum atomic E-state index is 0. The molecule has 0 aromatic heterocycles. The molecular weight excluding hydrogens is 200 g/mol. The molecular formula is Si4Sr. The summed E-state index contributed by atoms with van der Waals surface area (Å²) in [6.45, 7) is 0. The first-order valence-corrected chi connectivity index (χ1v) is 0. The number of rotatable bonds is 0. The van der Waals surface area contributed by atoms with E-state index in [1.54, 1.807) is 0 Å². The van der Waals surface area contributed by atoms with Gasteiger partial charge in [-0.05, 0) is 0 Å². The smallest absolute Gasteiger partial charge is 0 e. The van der Waals surface area contributed by atoms with E-state index in [-0.39, 0.29) is 89.3 Å². The molecule has 0 aliphatic rings. The summed E-state index contributed by atoms with van der Waals surface area (Å²) in [5, 5.41) is 0. The Bertz CT molecular complexity index is 3.61. The van der Waals surface area contributed by atoms with Gasteiger partial charge >= 0.3 is 0 Å². The molecule has 0 heterocycles. The van der Waals surface area contributed by atoms with Crippen molar-refractivity contribution in [2.45, 2.75) is 0 Å². The molecule has 0 bridgehead atoms. The second-order valence-electron chi connectivity index (χ2n) is 0. The molecule has 18 valence electrons. The van der Waals surface area contributed by atoms with Crippen LogP contribution in [-0.4, -0.2) is 89.3 Å². The zero-order valence-corrected chi connectivity index (χ0v) is 10.2. The van der Waals surface area contributed by atoms with E-state index in [2.05, 4.69) is 0 Å². The van der Waals surface area contributed by atoms with Gasteiger partial charge in [-0.2, -0.15) is 0 Å². The van der Waals surface area contributed by atoms with Crippen LogP contribution in [0.2, 0.25) is 0 Å². The average Bonchev–Trinajstić information content (AvgIpc) is 0. The summed E-state index contributed by atoms with van der Waals surface area (Å²) in [7, 11) is 0. The zero-order chi connectivity index (χ0) is 0. The monoisotopic (exact) mass is 200 g/mol. The summed E-state index contributed by atoms with van der Waals surface area (Å²) in [5.41, 5.74) is 0. The van der Waals surface area contributed by atoms with Gasteiger partial charge in [-0.1, -0.05) is 0 Å². The summed E-state index contributed by atoms with van der Waals surface area (Å²) in [4.78, 5) is 0. The molecule has 0 saturated heterocycles. The summed E-state index contributed by atoms with van der Waals surface area (Å²) < 4.78 is 0. The van der Waals surface area contributed by atoms with Crippen LogP contribution in [-0.2, 0) is 0 Å². The first-order chi connectivity index (χ1) is 0. The first kappa shape index (κ1) is 53.7. The second kappa shape index (κ2) is 32.9. The molecule has 5 heavy (non-hydrogen) atoms. The third-order valence-corrected chi connectivity index (χ3v) is 0. The van der Waals surface area contributed by atoms with E-state index < -0.39 is 0 Å². The largest absolute Gasteiger partial charge is 0 e. The fourth-order valence-electron chi connectivity index (χ4n) is 0. The van der Waals surface area contributed by atoms with Crippen molar-refractivity contribution in [2.24, 2.45) is 0 Å². The van der Waals surface area contributed by atoms with E-state index in [0.717, 1.165) is 0 Å². The number of hydrogen-bond donors (Lipinski definition) is 0. The van der Waals surface area contributed by atoms with E-state index in [1.807, 2.05) is 0 Å². The van der Waals surface area contributed by atoms with Crippen molar-refractivity contribution in [1.29, 1.82) is 0 Å². The van der Waals surface area contributed by atoms with Gasteiger partial charge in [0.15, 0.2) is 0 Å². The predicted molar refractivity (Wildman–Crippen MR) is 28.8 cm³/mol. The maximum absolute atomic E-state index is 0. The molecule has 0 spiro atoms. The fourth-order valence-corrected chi connectivity index (χ4v) is 0. The molecule has 0 aliphatic carbocycles. The minimum Gasteiger partial charge on any atom is 0 e. The van der Waals surface area contributed by atoms with Crippen LogP contribution in [0.15, 0.2) is 0 Å². The predicted octanol–water partition coefficient (Wildman–Crippen LogP) is -1.90. The molecule has 0 saturated carbocycles. The van der Waals surface area contributed by atoms with Crippen molar-refractivity contribution in [3.8, 4) is 0 Å². The Kier molecular flexibility index (Phi) is 354. The Morgan fingerprint density at radius 2 is 0.400 bits per heavy atom. The number of hydrogen-bond acceptors (Lipinski definition) is 0. The van der Waals surface area contributed by atoms with Crippen LogP contribution in [0.25, 0.3) is 0 Å². The second-order valence-corrected chi connectivity index (χ2v) is 0. The van der Waals surface area contributed by atoms with E-state index in [4.69, 9.17) is 0 Å². The standard InChI is InChI=1S/4Si.Sr. The SMILES string of the molecule is [Si].[Si].[Si].[Si].[Sr]. The average molecular weight is 200 g/mol. The molecule has 0 nitrogen and oxygen atoms in total. The summed E-state index contributed by atoms with van der Waals surface area (Å²) in [6.07, 6.45) is 0. The molecule has 0 amide bonds. The molecule has 0 N–H and O–H groups in total. The quantitative estimate of drug-likeness (QED) is 0.400. The van der Waals surface area contributed by atoms with Gasteiger partial charge in [-0.25, -0.2) is 0 Å². The van der Waals surface area contributed by atoms with E-state index in [9.17, 15) is 0 Å². The zero-order valence-electron chi connectivity index (χ0n) is 2.71. The minimum absolute atomic E-state index is 0. The van der Waals surface area contributed by atoms with Crippen molar-refractivity contribution in [2.75, 3.05) is 0 Å². The van der Waals surface area contributed by atoms with Gasteiger partial charge in [-0.15, -0.1) is 0 Å². The molecule has 0 atom stereocenters. The van der Waals surface area contributed by atoms with Crippen LogP contribution in [0.1, 0.15) is 0 Å². The fraction of sp³-hybridized carbons (Fsp3) is 0. The van der Waals surface area contributed by atoms with Crippen molar-refractivity contribution in [1.82, 2.24) is 0 Å². The summed E-state index contributed by atoms with van der Waals surface area (Å²) >= 11 is 0. The Morgan fingerprint density at radius 3 is 0.400 bits per heavy atom. The van der Waals surface area contributed by atoms with Crippen molar-refractivity contribution < 1.29 is 0 Å². The molecule has 5 heteroatoms. The third kappa shape index (κ3) is 21.8. The molecule has 0 rings (SSSR count). The summed E-state index contributed by atoms with van der Waals surface area (Å²) in [6, 6.07) is 0. The van der Waals surface area contributed by atoms with Crippen LogP contribution in [0.3, 0.4) is 0 Å². The van der Waals surface area contributed by atoms with E-state index in [0.29, 0.717) is 0 Å². The first-order valence-electron chi connectivity index (χ1n) is 0. The van der Waals surface area contributed by atoms with Gasteiger partial charge in [0.2, 0.25) is 0 Å². The Hall–Kier alpha value is 2.35. The van der Waals surface area contributed by atoms with Gasteiger partial charge in [0.25, 0.3) is 0 Å². The molecule has 0 aromatic rings. The topological polar surface area (TPSA) is 0 Å². The Morgan fingerprint density at radius 1 is 0.400 bits per heavy atom. The Balaban J connectivity index is 0. The van der Waals surface area contributed by atoms with Gasteiger partial charge in [0.05, 0.1) is 0 Å². The minimum atomic E-state index is 0. The van der Waals surface area contributed by atoms with Crippen molar-refractivity contribution in [3.63, 3.8) is 0 Å². The van der Waals surface area contributed by atoms with Crippen molar-refractivity contribution >= 4 is 89.3 Å². The van der Waals surface area contributed by atoms with Crippen LogP contribution in [0, 0.1) is 0 Å². The van der Waals surface area contributed by atoms with E-state index >= 15 is 0 Å². The van der Waals surface area contributed by atoms with Gasteiger partial charge in [0.1, 0.15) is 0 Å². The Labute approximate surface area is 87.9 Å².